The van der Waals surface area contributed by atoms with Crippen molar-refractivity contribution in [3.05, 3.63) is 0 Å². The number of carbonyl (C=O) groups excluding carboxylic acids is 1. The summed E-state index contributed by atoms with van der Waals surface area (Å²) in [5.41, 5.74) is 5.36. The standard InChI is InChI=1S/C12H23N3O2/c1-12(9-17-8-10(12)13)11(16)14-4-7-15-5-2-3-6-15/h10H,2-9,13H2,1H3,(H,14,16). The smallest absolute Gasteiger partial charge is 0.229 e. The molecule has 2 aliphatic rings. The highest BCUT2D eigenvalue weighted by molar-refractivity contribution is 5.83. The molecule has 2 saturated heterocycles. The summed E-state index contributed by atoms with van der Waals surface area (Å²) in [5, 5.41) is 2.98. The van der Waals surface area contributed by atoms with Crippen LogP contribution in [0.5, 0.6) is 0 Å². The normalized spacial score (nSPS) is 34.1. The lowest BCUT2D eigenvalue weighted by Gasteiger charge is -2.26. The third-order valence-corrected chi connectivity index (χ3v) is 3.95. The van der Waals surface area contributed by atoms with Gasteiger partial charge in [0.15, 0.2) is 0 Å². The number of nitrogens with one attached hydrogen (secondary N) is 1. The molecule has 2 fully saturated rings. The maximum absolute atomic E-state index is 12.1. The first-order valence-electron chi connectivity index (χ1n) is 6.47. The molecular weight excluding hydrogens is 218 g/mol. The van der Waals surface area contributed by atoms with E-state index in [0.29, 0.717) is 19.8 Å². The van der Waals surface area contributed by atoms with Crippen molar-refractivity contribution in [1.29, 1.82) is 0 Å². The van der Waals surface area contributed by atoms with Crippen LogP contribution in [0.25, 0.3) is 0 Å². The van der Waals surface area contributed by atoms with Crippen molar-refractivity contribution in [3.8, 4) is 0 Å². The van der Waals surface area contributed by atoms with Gasteiger partial charge in [-0.05, 0) is 32.9 Å². The minimum absolute atomic E-state index is 0.0293. The van der Waals surface area contributed by atoms with Crippen LogP contribution in [-0.4, -0.2) is 56.2 Å². The lowest BCUT2D eigenvalue weighted by atomic mass is 9.85. The molecule has 17 heavy (non-hydrogen) atoms. The van der Waals surface area contributed by atoms with Crippen LogP contribution in [0.2, 0.25) is 0 Å². The molecule has 2 aliphatic heterocycles. The number of rotatable bonds is 4. The summed E-state index contributed by atoms with van der Waals surface area (Å²) in [7, 11) is 0. The zero-order chi connectivity index (χ0) is 12.3. The molecular formula is C12H23N3O2. The highest BCUT2D eigenvalue weighted by atomic mass is 16.5. The zero-order valence-corrected chi connectivity index (χ0v) is 10.6. The summed E-state index contributed by atoms with van der Waals surface area (Å²) in [6.07, 6.45) is 2.56. The van der Waals surface area contributed by atoms with Crippen molar-refractivity contribution in [3.63, 3.8) is 0 Å². The number of likely N-dealkylation sites (tertiary alicyclic amines) is 1. The van der Waals surface area contributed by atoms with Gasteiger partial charge < -0.3 is 20.7 Å². The van der Waals surface area contributed by atoms with E-state index >= 15 is 0 Å². The molecule has 0 saturated carbocycles. The van der Waals surface area contributed by atoms with Crippen LogP contribution < -0.4 is 11.1 Å². The summed E-state index contributed by atoms with van der Waals surface area (Å²) >= 11 is 0. The second-order valence-electron chi connectivity index (χ2n) is 5.34. The molecule has 0 radical (unpaired) electrons. The lowest BCUT2D eigenvalue weighted by Crippen LogP contribution is -2.51. The highest BCUT2D eigenvalue weighted by Gasteiger charge is 2.44. The number of amides is 1. The first-order valence-corrected chi connectivity index (χ1v) is 6.47. The predicted octanol–water partition coefficient (Wildman–Crippen LogP) is -0.438. The van der Waals surface area contributed by atoms with E-state index in [1.807, 2.05) is 6.92 Å². The second kappa shape index (κ2) is 5.33. The Morgan fingerprint density at radius 2 is 2.24 bits per heavy atom. The monoisotopic (exact) mass is 241 g/mol. The Bertz CT molecular complexity index is 279. The fraction of sp³-hybridized carbons (Fsp3) is 0.917. The van der Waals surface area contributed by atoms with E-state index in [1.54, 1.807) is 0 Å². The van der Waals surface area contributed by atoms with Crippen LogP contribution >= 0.6 is 0 Å². The molecule has 2 rings (SSSR count). The van der Waals surface area contributed by atoms with E-state index < -0.39 is 5.41 Å². The van der Waals surface area contributed by atoms with Crippen LogP contribution in [0.3, 0.4) is 0 Å². The number of ether oxygens (including phenoxy) is 1. The largest absolute Gasteiger partial charge is 0.379 e. The fourth-order valence-electron chi connectivity index (χ4n) is 2.46. The van der Waals surface area contributed by atoms with Gasteiger partial charge in [0.05, 0.1) is 18.6 Å². The first-order chi connectivity index (χ1) is 8.13. The maximum Gasteiger partial charge on any atom is 0.229 e. The van der Waals surface area contributed by atoms with Gasteiger partial charge in [-0.1, -0.05) is 0 Å². The molecule has 5 nitrogen and oxygen atoms in total. The van der Waals surface area contributed by atoms with Crippen LogP contribution in [0, 0.1) is 5.41 Å². The van der Waals surface area contributed by atoms with Crippen molar-refractivity contribution < 1.29 is 9.53 Å². The minimum atomic E-state index is -0.551. The van der Waals surface area contributed by atoms with Gasteiger partial charge in [0, 0.05) is 19.1 Å². The van der Waals surface area contributed by atoms with Gasteiger partial charge in [-0.2, -0.15) is 0 Å². The SMILES string of the molecule is CC1(C(=O)NCCN2CCCC2)COCC1N. The van der Waals surface area contributed by atoms with E-state index in [0.717, 1.165) is 19.6 Å². The number of hydrogen-bond acceptors (Lipinski definition) is 4. The Kier molecular flexibility index (Phi) is 4.01. The lowest BCUT2D eigenvalue weighted by molar-refractivity contribution is -0.130. The number of nitrogens with two attached hydrogens (primary N) is 1. The summed E-state index contributed by atoms with van der Waals surface area (Å²) in [6, 6.07) is -0.186. The third-order valence-electron chi connectivity index (χ3n) is 3.95. The number of carbonyl (C=O) groups is 1. The topological polar surface area (TPSA) is 67.6 Å². The van der Waals surface area contributed by atoms with Gasteiger partial charge in [0.1, 0.15) is 0 Å². The van der Waals surface area contributed by atoms with E-state index in [-0.39, 0.29) is 11.9 Å². The van der Waals surface area contributed by atoms with Crippen LogP contribution in [0.1, 0.15) is 19.8 Å². The van der Waals surface area contributed by atoms with E-state index in [1.165, 1.54) is 12.8 Å². The fourth-order valence-corrected chi connectivity index (χ4v) is 2.46. The molecule has 98 valence electrons. The molecule has 2 atom stereocenters. The number of nitrogens with zero attached hydrogens (tertiary/aromatic N) is 1. The zero-order valence-electron chi connectivity index (χ0n) is 10.6. The Morgan fingerprint density at radius 3 is 2.82 bits per heavy atom. The van der Waals surface area contributed by atoms with Crippen LogP contribution in [-0.2, 0) is 9.53 Å². The van der Waals surface area contributed by atoms with Gasteiger partial charge in [-0.3, -0.25) is 4.79 Å². The van der Waals surface area contributed by atoms with Gasteiger partial charge >= 0.3 is 0 Å². The predicted molar refractivity (Wildman–Crippen MR) is 65.6 cm³/mol. The average molecular weight is 241 g/mol. The Labute approximate surface area is 103 Å². The molecule has 0 spiro atoms. The van der Waals surface area contributed by atoms with Gasteiger partial charge in [0.25, 0.3) is 0 Å². The van der Waals surface area contributed by atoms with Gasteiger partial charge in [-0.15, -0.1) is 0 Å². The molecule has 1 amide bonds. The van der Waals surface area contributed by atoms with E-state index in [2.05, 4.69) is 10.2 Å². The molecule has 5 heteroatoms. The third kappa shape index (κ3) is 2.78. The molecule has 0 aromatic heterocycles. The molecule has 0 aliphatic carbocycles. The molecule has 0 bridgehead atoms. The molecule has 2 heterocycles. The quantitative estimate of drug-likeness (QED) is 0.700. The highest BCUT2D eigenvalue weighted by Crippen LogP contribution is 2.26. The van der Waals surface area contributed by atoms with Crippen molar-refractivity contribution in [2.45, 2.75) is 25.8 Å². The molecule has 0 aromatic rings. The van der Waals surface area contributed by atoms with E-state index in [4.69, 9.17) is 10.5 Å². The second-order valence-corrected chi connectivity index (χ2v) is 5.34. The van der Waals surface area contributed by atoms with E-state index in [9.17, 15) is 4.79 Å². The Hall–Kier alpha value is -0.650. The van der Waals surface area contributed by atoms with Crippen LogP contribution in [0.4, 0.5) is 0 Å². The minimum Gasteiger partial charge on any atom is -0.379 e. The number of hydrogen-bond donors (Lipinski definition) is 2. The van der Waals surface area contributed by atoms with Crippen molar-refractivity contribution in [2.24, 2.45) is 11.1 Å². The summed E-state index contributed by atoms with van der Waals surface area (Å²) in [5.74, 6) is 0.0293. The molecule has 2 unspecified atom stereocenters. The first kappa shape index (κ1) is 12.8. The Balaban J connectivity index is 1.73. The Morgan fingerprint density at radius 1 is 1.53 bits per heavy atom. The van der Waals surface area contributed by atoms with Crippen molar-refractivity contribution in [1.82, 2.24) is 10.2 Å². The maximum atomic E-state index is 12.1. The van der Waals surface area contributed by atoms with Crippen molar-refractivity contribution >= 4 is 5.91 Å². The average Bonchev–Trinajstić information content (AvgIpc) is 2.91. The summed E-state index contributed by atoms with van der Waals surface area (Å²) < 4.78 is 5.28. The van der Waals surface area contributed by atoms with Gasteiger partial charge in [-0.25, -0.2) is 0 Å². The van der Waals surface area contributed by atoms with Crippen LogP contribution in [0.15, 0.2) is 0 Å². The summed E-state index contributed by atoms with van der Waals surface area (Å²) in [4.78, 5) is 14.4. The van der Waals surface area contributed by atoms with Crippen molar-refractivity contribution in [2.75, 3.05) is 39.4 Å². The molecule has 3 N–H and O–H groups in total. The summed E-state index contributed by atoms with van der Waals surface area (Å²) in [6.45, 7) is 6.78. The van der Waals surface area contributed by atoms with Gasteiger partial charge in [0.2, 0.25) is 5.91 Å². The molecule has 0 aromatic carbocycles.